The second-order valence-electron chi connectivity index (χ2n) is 9.61. The van der Waals surface area contributed by atoms with Crippen molar-refractivity contribution in [2.24, 2.45) is 34.5 Å². The predicted octanol–water partition coefficient (Wildman–Crippen LogP) is 4.70. The zero-order valence-corrected chi connectivity index (χ0v) is 15.8. The minimum atomic E-state index is -0.278. The van der Waals surface area contributed by atoms with Gasteiger partial charge in [-0.25, -0.2) is 4.79 Å². The molecule has 138 valence electrons. The number of carbonyl (C=O) groups excluding carboxylic acids is 2. The number of rotatable bonds is 2. The van der Waals surface area contributed by atoms with Crippen molar-refractivity contribution in [3.8, 4) is 0 Å². The Labute approximate surface area is 151 Å². The molecule has 0 saturated heterocycles. The van der Waals surface area contributed by atoms with Crippen LogP contribution in [0.25, 0.3) is 0 Å². The van der Waals surface area contributed by atoms with Gasteiger partial charge < -0.3 is 4.74 Å². The molecule has 4 rings (SSSR count). The summed E-state index contributed by atoms with van der Waals surface area (Å²) in [5.41, 5.74) is 0.341. The summed E-state index contributed by atoms with van der Waals surface area (Å²) in [5.74, 6) is 3.02. The highest BCUT2D eigenvalue weighted by Crippen LogP contribution is 2.65. The molecule has 25 heavy (non-hydrogen) atoms. The van der Waals surface area contributed by atoms with E-state index in [4.69, 9.17) is 4.74 Å². The lowest BCUT2D eigenvalue weighted by Gasteiger charge is -2.60. The first-order valence-electron chi connectivity index (χ1n) is 10.2. The van der Waals surface area contributed by atoms with Gasteiger partial charge in [-0.05, 0) is 80.5 Å². The van der Waals surface area contributed by atoms with Crippen LogP contribution in [0.2, 0.25) is 0 Å². The molecule has 0 spiro atoms. The van der Waals surface area contributed by atoms with Crippen molar-refractivity contribution in [2.75, 3.05) is 0 Å². The Morgan fingerprint density at radius 2 is 1.92 bits per heavy atom. The molecular formula is C22H32O3. The largest absolute Gasteiger partial charge is 0.459 e. The Kier molecular flexibility index (Phi) is 4.12. The first kappa shape index (κ1) is 17.3. The molecule has 0 heterocycles. The van der Waals surface area contributed by atoms with Gasteiger partial charge in [0.05, 0.1) is 0 Å². The Hall–Kier alpha value is -1.12. The normalized spacial score (nSPS) is 48.9. The standard InChI is InChI=1S/C22H32O3/c1-4-20(24)25-15-9-11-21(2)14(13-15)5-6-16-17-7-8-19(23)22(17,3)12-10-18(16)21/h4,14-18H,1,5-13H2,2-3H3/t14-,15+,16-,17-,18-,21-,22-/m0/s1. The van der Waals surface area contributed by atoms with Gasteiger partial charge in [0.2, 0.25) is 0 Å². The van der Waals surface area contributed by atoms with Crippen LogP contribution >= 0.6 is 0 Å². The minimum absolute atomic E-state index is 0.0267. The van der Waals surface area contributed by atoms with Crippen molar-refractivity contribution in [3.63, 3.8) is 0 Å². The van der Waals surface area contributed by atoms with Crippen LogP contribution in [0.4, 0.5) is 0 Å². The maximum Gasteiger partial charge on any atom is 0.330 e. The molecule has 0 N–H and O–H groups in total. The van der Waals surface area contributed by atoms with Crippen molar-refractivity contribution < 1.29 is 14.3 Å². The van der Waals surface area contributed by atoms with Gasteiger partial charge in [0, 0.05) is 17.9 Å². The van der Waals surface area contributed by atoms with Crippen LogP contribution in [-0.4, -0.2) is 17.9 Å². The number of hydrogen-bond acceptors (Lipinski definition) is 3. The van der Waals surface area contributed by atoms with E-state index in [-0.39, 0.29) is 17.5 Å². The van der Waals surface area contributed by atoms with Crippen molar-refractivity contribution in [1.29, 1.82) is 0 Å². The van der Waals surface area contributed by atoms with Gasteiger partial charge in [0.1, 0.15) is 11.9 Å². The Balaban J connectivity index is 1.52. The quantitative estimate of drug-likeness (QED) is 0.539. The highest BCUT2D eigenvalue weighted by Gasteiger charge is 2.60. The summed E-state index contributed by atoms with van der Waals surface area (Å²) in [5, 5.41) is 0. The maximum atomic E-state index is 12.5. The van der Waals surface area contributed by atoms with Gasteiger partial charge in [0.25, 0.3) is 0 Å². The first-order chi connectivity index (χ1) is 11.9. The average Bonchev–Trinajstić information content (AvgIpc) is 2.90. The van der Waals surface area contributed by atoms with Gasteiger partial charge in [-0.2, -0.15) is 0 Å². The van der Waals surface area contributed by atoms with Gasteiger partial charge in [0.15, 0.2) is 0 Å². The molecule has 0 radical (unpaired) electrons. The highest BCUT2D eigenvalue weighted by atomic mass is 16.5. The van der Waals surface area contributed by atoms with Gasteiger partial charge >= 0.3 is 5.97 Å². The molecule has 4 fully saturated rings. The second kappa shape index (κ2) is 5.96. The number of hydrogen-bond donors (Lipinski definition) is 0. The number of carbonyl (C=O) groups is 2. The molecule has 0 amide bonds. The molecule has 4 aliphatic carbocycles. The zero-order valence-electron chi connectivity index (χ0n) is 15.8. The molecule has 0 aromatic heterocycles. The van der Waals surface area contributed by atoms with Crippen LogP contribution in [0.15, 0.2) is 12.7 Å². The molecule has 0 unspecified atom stereocenters. The van der Waals surface area contributed by atoms with E-state index in [1.54, 1.807) is 0 Å². The third-order valence-corrected chi connectivity index (χ3v) is 8.78. The fourth-order valence-corrected chi connectivity index (χ4v) is 7.31. The summed E-state index contributed by atoms with van der Waals surface area (Å²) in [6.07, 6.45) is 11.2. The monoisotopic (exact) mass is 344 g/mol. The van der Waals surface area contributed by atoms with E-state index >= 15 is 0 Å². The third-order valence-electron chi connectivity index (χ3n) is 8.78. The lowest BCUT2D eigenvalue weighted by atomic mass is 9.45. The average molecular weight is 344 g/mol. The maximum absolute atomic E-state index is 12.5. The van der Waals surface area contributed by atoms with Gasteiger partial charge in [-0.3, -0.25) is 4.79 Å². The van der Waals surface area contributed by atoms with Crippen molar-refractivity contribution in [2.45, 2.75) is 77.7 Å². The lowest BCUT2D eigenvalue weighted by molar-refractivity contribution is -0.157. The zero-order chi connectivity index (χ0) is 17.8. The van der Waals surface area contributed by atoms with E-state index in [9.17, 15) is 9.59 Å². The summed E-state index contributed by atoms with van der Waals surface area (Å²) in [7, 11) is 0. The number of esters is 1. The van der Waals surface area contributed by atoms with Crippen molar-refractivity contribution in [1.82, 2.24) is 0 Å². The third kappa shape index (κ3) is 2.52. The number of ketones is 1. The molecule has 3 heteroatoms. The van der Waals surface area contributed by atoms with Gasteiger partial charge in [-0.15, -0.1) is 0 Å². The molecule has 4 saturated carbocycles. The number of fused-ring (bicyclic) bond motifs is 5. The Morgan fingerprint density at radius 3 is 2.68 bits per heavy atom. The van der Waals surface area contributed by atoms with Crippen LogP contribution in [0.5, 0.6) is 0 Å². The van der Waals surface area contributed by atoms with E-state index in [0.29, 0.717) is 23.0 Å². The predicted molar refractivity (Wildman–Crippen MR) is 96.8 cm³/mol. The molecule has 0 bridgehead atoms. The SMILES string of the molecule is C=CC(=O)O[C@@H]1CC[C@@]2(C)[C@@H](CC[C@@H]3[C@@H]2CC[C@]2(C)C(=O)CC[C@@H]32)C1. The van der Waals surface area contributed by atoms with Crippen LogP contribution in [-0.2, 0) is 14.3 Å². The fraction of sp³-hybridized carbons (Fsp3) is 0.818. The van der Waals surface area contributed by atoms with Crippen molar-refractivity contribution in [3.05, 3.63) is 12.7 Å². The van der Waals surface area contributed by atoms with E-state index in [0.717, 1.165) is 50.4 Å². The molecule has 7 atom stereocenters. The lowest BCUT2D eigenvalue weighted by Crippen LogP contribution is -2.54. The van der Waals surface area contributed by atoms with Gasteiger partial charge in [-0.1, -0.05) is 20.4 Å². The summed E-state index contributed by atoms with van der Waals surface area (Å²) in [6.45, 7) is 8.27. The molecule has 0 aromatic carbocycles. The van der Waals surface area contributed by atoms with E-state index in [1.807, 2.05) is 0 Å². The highest BCUT2D eigenvalue weighted by molar-refractivity contribution is 5.87. The van der Waals surface area contributed by atoms with E-state index < -0.39 is 0 Å². The van der Waals surface area contributed by atoms with E-state index in [2.05, 4.69) is 20.4 Å². The summed E-state index contributed by atoms with van der Waals surface area (Å²) in [6, 6.07) is 0. The van der Waals surface area contributed by atoms with Crippen LogP contribution in [0.1, 0.15) is 71.6 Å². The Morgan fingerprint density at radius 1 is 1.12 bits per heavy atom. The smallest absolute Gasteiger partial charge is 0.330 e. The molecular weight excluding hydrogens is 312 g/mol. The fourth-order valence-electron chi connectivity index (χ4n) is 7.31. The van der Waals surface area contributed by atoms with Crippen LogP contribution in [0, 0.1) is 34.5 Å². The second-order valence-corrected chi connectivity index (χ2v) is 9.61. The molecule has 4 aliphatic rings. The first-order valence-corrected chi connectivity index (χ1v) is 10.2. The summed E-state index contributed by atoms with van der Waals surface area (Å²) >= 11 is 0. The molecule has 0 aromatic rings. The topological polar surface area (TPSA) is 43.4 Å². The molecule has 0 aliphatic heterocycles. The summed E-state index contributed by atoms with van der Waals surface area (Å²) in [4.78, 5) is 24.1. The van der Waals surface area contributed by atoms with Crippen LogP contribution < -0.4 is 0 Å². The Bertz CT molecular complexity index is 596. The van der Waals surface area contributed by atoms with Crippen LogP contribution in [0.3, 0.4) is 0 Å². The number of Topliss-reactive ketones (excluding diaryl/α,β-unsaturated/α-hetero) is 1. The van der Waals surface area contributed by atoms with E-state index in [1.165, 1.54) is 25.3 Å². The minimum Gasteiger partial charge on any atom is -0.459 e. The number of ether oxygens (including phenoxy) is 1. The van der Waals surface area contributed by atoms with Crippen molar-refractivity contribution >= 4 is 11.8 Å². The summed E-state index contributed by atoms with van der Waals surface area (Å²) < 4.78 is 5.57. The molecule has 3 nitrogen and oxygen atoms in total.